The first kappa shape index (κ1) is 40.9. The third-order valence-electron chi connectivity index (χ3n) is 14.7. The molecular weight excluding hydrogens is 676 g/mol. The second-order valence-corrected chi connectivity index (χ2v) is 17.8. The van der Waals surface area contributed by atoms with Crippen LogP contribution in [0.15, 0.2) is 12.2 Å². The summed E-state index contributed by atoms with van der Waals surface area (Å²) in [6.45, 7) is 10.3. The summed E-state index contributed by atoms with van der Waals surface area (Å²) in [5, 5.41) is 76.4. The van der Waals surface area contributed by atoms with Gasteiger partial charge in [-0.25, -0.2) is 0 Å². The molecule has 0 radical (unpaired) electrons. The van der Waals surface area contributed by atoms with E-state index in [1.165, 1.54) is 14.2 Å². The molecule has 2 aliphatic heterocycles. The summed E-state index contributed by atoms with van der Waals surface area (Å²) in [4.78, 5) is 0. The molecule has 300 valence electrons. The molecule has 6 fully saturated rings. The second kappa shape index (κ2) is 16.0. The molecule has 13 heteroatoms. The van der Waals surface area contributed by atoms with Gasteiger partial charge in [-0.2, -0.15) is 0 Å². The smallest absolute Gasteiger partial charge is 0.187 e. The monoisotopic (exact) mass is 742 g/mol. The van der Waals surface area contributed by atoms with Crippen LogP contribution in [0.4, 0.5) is 0 Å². The molecule has 2 saturated heterocycles. The summed E-state index contributed by atoms with van der Waals surface area (Å²) in [6.07, 6.45) is -2.69. The lowest BCUT2D eigenvalue weighted by Crippen LogP contribution is -2.63. The fraction of sp³-hybridized carbons (Fsp3) is 0.949. The van der Waals surface area contributed by atoms with Gasteiger partial charge in [-0.05, 0) is 84.9 Å². The molecule has 0 amide bonds. The molecule has 13 nitrogen and oxygen atoms in total. The highest BCUT2D eigenvalue weighted by Gasteiger charge is 2.66. The first-order valence-corrected chi connectivity index (χ1v) is 19.6. The molecular formula is C39H66O13. The highest BCUT2D eigenvalue weighted by atomic mass is 16.8. The Hall–Kier alpha value is -0.780. The van der Waals surface area contributed by atoms with Gasteiger partial charge in [0.25, 0.3) is 0 Å². The highest BCUT2D eigenvalue weighted by Crippen LogP contribution is 2.68. The maximum atomic E-state index is 11.7. The summed E-state index contributed by atoms with van der Waals surface area (Å²) in [5.74, 6) is 0.356. The van der Waals surface area contributed by atoms with Crippen molar-refractivity contribution >= 4 is 0 Å². The van der Waals surface area contributed by atoms with E-state index < -0.39 is 86.3 Å². The van der Waals surface area contributed by atoms with Gasteiger partial charge in [-0.3, -0.25) is 0 Å². The molecule has 7 N–H and O–H groups in total. The van der Waals surface area contributed by atoms with Gasteiger partial charge in [0.05, 0.1) is 43.7 Å². The topological polar surface area (TPSA) is 197 Å². The van der Waals surface area contributed by atoms with Crippen LogP contribution in [-0.2, 0) is 28.4 Å². The van der Waals surface area contributed by atoms with Crippen LogP contribution in [0.2, 0.25) is 0 Å². The summed E-state index contributed by atoms with van der Waals surface area (Å²) in [7, 11) is 2.90. The first-order chi connectivity index (χ1) is 24.6. The molecule has 4 aliphatic carbocycles. The molecule has 2 heterocycles. The van der Waals surface area contributed by atoms with Crippen molar-refractivity contribution in [2.75, 3.05) is 27.4 Å². The molecule has 0 aromatic carbocycles. The SMILES string of the molecule is CO[C@H]1[C@H](O[C@H]2[C@H](O[C@H](/C=C/[C@@H](C)[C@H]3C[C@@H](O)[C@H]4[C@@H]5C[C@H](O)[C@H]6[C@@H](O)[C@@H](O)CC[C@]6(C)[C@H]5CC[C@@]43C)C(C)C)O[C@H](CO)[C@@H]2O)OC[C@@H](OC)[C@@H]1O. The van der Waals surface area contributed by atoms with Crippen molar-refractivity contribution in [1.29, 1.82) is 0 Å². The molecule has 0 unspecified atom stereocenters. The molecule has 0 spiro atoms. The average molecular weight is 743 g/mol. The predicted octanol–water partition coefficient (Wildman–Crippen LogP) is 1.36. The van der Waals surface area contributed by atoms with Crippen LogP contribution in [0.1, 0.15) is 73.1 Å². The zero-order valence-corrected chi connectivity index (χ0v) is 31.9. The maximum Gasteiger partial charge on any atom is 0.187 e. The van der Waals surface area contributed by atoms with Crippen molar-refractivity contribution in [3.63, 3.8) is 0 Å². The minimum Gasteiger partial charge on any atom is -0.394 e. The Kier molecular flexibility index (Phi) is 12.6. The molecule has 0 bridgehead atoms. The van der Waals surface area contributed by atoms with Crippen LogP contribution in [0.25, 0.3) is 0 Å². The van der Waals surface area contributed by atoms with Crippen molar-refractivity contribution in [3.05, 3.63) is 12.2 Å². The number of fused-ring (bicyclic) bond motifs is 5. The van der Waals surface area contributed by atoms with Gasteiger partial charge in [0.2, 0.25) is 0 Å². The van der Waals surface area contributed by atoms with Crippen molar-refractivity contribution in [2.45, 2.75) is 153 Å². The van der Waals surface area contributed by atoms with Crippen molar-refractivity contribution in [3.8, 4) is 0 Å². The normalized spacial score (nSPS) is 52.0. The van der Waals surface area contributed by atoms with E-state index in [4.69, 9.17) is 28.4 Å². The number of allylic oxidation sites excluding steroid dienone is 1. The van der Waals surface area contributed by atoms with Crippen LogP contribution in [0.3, 0.4) is 0 Å². The third-order valence-corrected chi connectivity index (χ3v) is 14.7. The molecule has 4 saturated carbocycles. The van der Waals surface area contributed by atoms with Gasteiger partial charge in [0.15, 0.2) is 12.6 Å². The summed E-state index contributed by atoms with van der Waals surface area (Å²) >= 11 is 0. The summed E-state index contributed by atoms with van der Waals surface area (Å²) in [5.41, 5.74) is -0.440. The fourth-order valence-corrected chi connectivity index (χ4v) is 11.9. The second-order valence-electron chi connectivity index (χ2n) is 17.8. The van der Waals surface area contributed by atoms with Crippen LogP contribution < -0.4 is 0 Å². The molecule has 6 aliphatic rings. The quantitative estimate of drug-likeness (QED) is 0.150. The summed E-state index contributed by atoms with van der Waals surface area (Å²) < 4.78 is 35.3. The number of hydrogen-bond donors (Lipinski definition) is 7. The van der Waals surface area contributed by atoms with Gasteiger partial charge >= 0.3 is 0 Å². The van der Waals surface area contributed by atoms with Crippen molar-refractivity contribution in [2.24, 2.45) is 52.3 Å². The maximum absolute atomic E-state index is 11.7. The van der Waals surface area contributed by atoms with Gasteiger partial charge < -0.3 is 64.2 Å². The highest BCUT2D eigenvalue weighted by molar-refractivity contribution is 5.16. The van der Waals surface area contributed by atoms with Gasteiger partial charge in [-0.1, -0.05) is 46.8 Å². The average Bonchev–Trinajstić information content (AvgIpc) is 3.55. The van der Waals surface area contributed by atoms with Crippen molar-refractivity contribution in [1.82, 2.24) is 0 Å². The lowest BCUT2D eigenvalue weighted by atomic mass is 9.43. The third kappa shape index (κ3) is 7.07. The standard InChI is InChI=1S/C39H66O13/c1-18(2)26(50-37-35(32(45)27(16-40)51-37)52-36-34(48-7)33(46)28(47-6)17-49-36)9-8-19(3)22-15-25(43)29-20-14-24(42)30-31(44)23(41)11-13-38(30,4)21(20)10-12-39(22,29)5/h8-9,18-37,40-46H,10-17H2,1-7H3/b9-8+/t19-,20-,21+,22-,23+,24+,25-,26-,27-,28-,29-,30+,31+,32+,33+,34-,35-,36+,37-,38-,39-/m1/s1. The number of methoxy groups -OCH3 is 2. The lowest BCUT2D eigenvalue weighted by Gasteiger charge is -2.63. The van der Waals surface area contributed by atoms with Crippen LogP contribution in [0, 0.1) is 52.3 Å². The van der Waals surface area contributed by atoms with E-state index in [1.54, 1.807) is 0 Å². The zero-order chi connectivity index (χ0) is 37.9. The van der Waals surface area contributed by atoms with E-state index in [0.29, 0.717) is 19.3 Å². The predicted molar refractivity (Wildman–Crippen MR) is 187 cm³/mol. The van der Waals surface area contributed by atoms with Crippen LogP contribution in [-0.4, -0.2) is 143 Å². The Morgan fingerprint density at radius 2 is 1.46 bits per heavy atom. The van der Waals surface area contributed by atoms with E-state index in [9.17, 15) is 35.7 Å². The number of hydrogen-bond acceptors (Lipinski definition) is 13. The Balaban J connectivity index is 1.15. The summed E-state index contributed by atoms with van der Waals surface area (Å²) in [6, 6.07) is 0. The van der Waals surface area contributed by atoms with Gasteiger partial charge in [0.1, 0.15) is 36.6 Å². The van der Waals surface area contributed by atoms with E-state index >= 15 is 0 Å². The van der Waals surface area contributed by atoms with E-state index in [1.807, 2.05) is 19.9 Å². The minimum atomic E-state index is -1.23. The number of aliphatic hydroxyl groups is 7. The molecule has 0 aromatic heterocycles. The van der Waals surface area contributed by atoms with Gasteiger partial charge in [-0.15, -0.1) is 0 Å². The Labute approximate surface area is 308 Å². The largest absolute Gasteiger partial charge is 0.394 e. The Morgan fingerprint density at radius 1 is 0.769 bits per heavy atom. The number of aliphatic hydroxyl groups excluding tert-OH is 7. The fourth-order valence-electron chi connectivity index (χ4n) is 11.9. The Morgan fingerprint density at radius 3 is 2.12 bits per heavy atom. The first-order valence-electron chi connectivity index (χ1n) is 19.6. The number of rotatable bonds is 11. The van der Waals surface area contributed by atoms with Crippen molar-refractivity contribution < 1.29 is 64.2 Å². The van der Waals surface area contributed by atoms with Gasteiger partial charge in [0, 0.05) is 20.1 Å². The Bertz CT molecular complexity index is 1220. The minimum absolute atomic E-state index is 0.00896. The molecule has 21 atom stereocenters. The van der Waals surface area contributed by atoms with Crippen LogP contribution in [0.5, 0.6) is 0 Å². The zero-order valence-electron chi connectivity index (χ0n) is 31.9. The lowest BCUT2D eigenvalue weighted by molar-refractivity contribution is -0.311. The molecule has 6 rings (SSSR count). The molecule has 0 aromatic rings. The molecule has 52 heavy (non-hydrogen) atoms. The number of ether oxygens (including phenoxy) is 6. The van der Waals surface area contributed by atoms with E-state index in [-0.39, 0.29) is 58.9 Å². The van der Waals surface area contributed by atoms with E-state index in [0.717, 1.165) is 19.3 Å². The van der Waals surface area contributed by atoms with Crippen LogP contribution >= 0.6 is 0 Å². The van der Waals surface area contributed by atoms with E-state index in [2.05, 4.69) is 26.8 Å².